The normalized spacial score (nSPS) is 19.5. The van der Waals surface area contributed by atoms with Gasteiger partial charge in [-0.05, 0) is 43.5 Å². The summed E-state index contributed by atoms with van der Waals surface area (Å²) in [5, 5.41) is 13.9. The maximum Gasteiger partial charge on any atom is 0.326 e. The Hall–Kier alpha value is -3.36. The van der Waals surface area contributed by atoms with E-state index in [-0.39, 0.29) is 6.42 Å². The van der Waals surface area contributed by atoms with Crippen molar-refractivity contribution >= 4 is 23.8 Å². The minimum absolute atomic E-state index is 0.179. The Morgan fingerprint density at radius 2 is 1.93 bits per heavy atom. The number of hydrogen-bond acceptors (Lipinski definition) is 5. The number of benzene rings is 1. The van der Waals surface area contributed by atoms with Gasteiger partial charge in [-0.2, -0.15) is 0 Å². The zero-order valence-corrected chi connectivity index (χ0v) is 16.7. The molecular weight excluding hydrogens is 378 g/mol. The average Bonchev–Trinajstić information content (AvgIpc) is 2.88. The van der Waals surface area contributed by atoms with E-state index < -0.39 is 41.9 Å². The molecule has 1 heterocycles. The fraction of sp³-hybridized carbons (Fsp3) is 0.400. The van der Waals surface area contributed by atoms with Gasteiger partial charge in [0, 0.05) is 0 Å². The van der Waals surface area contributed by atoms with Crippen molar-refractivity contribution in [2.45, 2.75) is 38.8 Å². The van der Waals surface area contributed by atoms with Crippen LogP contribution in [0.5, 0.6) is 5.75 Å². The number of carbonyl (C=O) groups excluding carboxylic acids is 3. The van der Waals surface area contributed by atoms with Gasteiger partial charge in [0.25, 0.3) is 5.91 Å². The average molecular weight is 403 g/mol. The van der Waals surface area contributed by atoms with Crippen molar-refractivity contribution < 1.29 is 29.0 Å². The summed E-state index contributed by atoms with van der Waals surface area (Å²) in [6.45, 7) is 8.54. The van der Waals surface area contributed by atoms with Crippen LogP contribution in [0.2, 0.25) is 0 Å². The summed E-state index contributed by atoms with van der Waals surface area (Å²) in [7, 11) is 0. The number of hydrogen-bond donors (Lipinski definition) is 3. The summed E-state index contributed by atoms with van der Waals surface area (Å²) >= 11 is 0. The summed E-state index contributed by atoms with van der Waals surface area (Å²) in [6, 6.07) is 4.87. The Morgan fingerprint density at radius 3 is 2.45 bits per heavy atom. The molecule has 0 saturated carbocycles. The van der Waals surface area contributed by atoms with Crippen LogP contribution in [-0.4, -0.2) is 53.0 Å². The largest absolute Gasteiger partial charge is 0.489 e. The van der Waals surface area contributed by atoms with E-state index in [4.69, 9.17) is 9.84 Å². The van der Waals surface area contributed by atoms with Gasteiger partial charge >= 0.3 is 12.0 Å². The van der Waals surface area contributed by atoms with Gasteiger partial charge in [-0.1, -0.05) is 25.6 Å². The molecule has 2 unspecified atom stereocenters. The van der Waals surface area contributed by atoms with Crippen molar-refractivity contribution in [2.24, 2.45) is 0 Å². The molecule has 0 spiro atoms. The molecule has 29 heavy (non-hydrogen) atoms. The minimum Gasteiger partial charge on any atom is -0.489 e. The van der Waals surface area contributed by atoms with Crippen molar-refractivity contribution in [2.75, 3.05) is 13.2 Å². The standard InChI is InChI=1S/C20H25N3O6/c1-5-15(17(25)26)21-16(24)10-23-18(27)20(4,22-19(23)28)13-6-8-14(9-7-13)29-11-12(2)3/h6-9,15H,2,5,10-11H2,1,3-4H3,(H,21,24)(H,22,28)(H,25,26). The number of urea groups is 1. The van der Waals surface area contributed by atoms with Crippen LogP contribution in [0, 0.1) is 0 Å². The quantitative estimate of drug-likeness (QED) is 0.423. The first-order valence-electron chi connectivity index (χ1n) is 9.12. The molecule has 9 heteroatoms. The molecule has 1 aromatic carbocycles. The summed E-state index contributed by atoms with van der Waals surface area (Å²) in [5.74, 6) is -1.92. The topological polar surface area (TPSA) is 125 Å². The molecule has 0 radical (unpaired) electrons. The van der Waals surface area contributed by atoms with Gasteiger partial charge in [0.2, 0.25) is 5.91 Å². The van der Waals surface area contributed by atoms with Gasteiger partial charge in [0.05, 0.1) is 0 Å². The minimum atomic E-state index is -1.35. The van der Waals surface area contributed by atoms with Gasteiger partial charge in [0.1, 0.15) is 30.5 Å². The second-order valence-corrected chi connectivity index (χ2v) is 7.08. The van der Waals surface area contributed by atoms with Crippen molar-refractivity contribution in [1.82, 2.24) is 15.5 Å². The second kappa shape index (κ2) is 8.76. The van der Waals surface area contributed by atoms with E-state index in [1.165, 1.54) is 0 Å². The van der Waals surface area contributed by atoms with Crippen LogP contribution in [0.15, 0.2) is 36.4 Å². The first-order chi connectivity index (χ1) is 13.6. The van der Waals surface area contributed by atoms with Gasteiger partial charge in [-0.3, -0.25) is 14.5 Å². The summed E-state index contributed by atoms with van der Waals surface area (Å²) in [5.41, 5.74) is 0.0427. The third-order valence-electron chi connectivity index (χ3n) is 4.54. The molecule has 1 aliphatic heterocycles. The Balaban J connectivity index is 2.11. The number of carboxylic acids is 1. The number of carbonyl (C=O) groups is 4. The lowest BCUT2D eigenvalue weighted by Gasteiger charge is -2.22. The zero-order chi connectivity index (χ0) is 21.8. The Labute approximate surface area is 168 Å². The van der Waals surface area contributed by atoms with E-state index in [1.54, 1.807) is 38.1 Å². The fourth-order valence-electron chi connectivity index (χ4n) is 2.85. The number of amides is 4. The van der Waals surface area contributed by atoms with Gasteiger partial charge in [0.15, 0.2) is 0 Å². The first-order valence-corrected chi connectivity index (χ1v) is 9.12. The van der Waals surface area contributed by atoms with Gasteiger partial charge < -0.3 is 20.5 Å². The molecule has 156 valence electrons. The Bertz CT molecular complexity index is 835. The number of imide groups is 1. The van der Waals surface area contributed by atoms with E-state index in [1.807, 2.05) is 6.92 Å². The molecule has 1 aliphatic rings. The SMILES string of the molecule is C=C(C)COc1ccc(C2(C)NC(=O)N(CC(=O)NC(CC)C(=O)O)C2=O)cc1. The molecule has 1 aromatic rings. The van der Waals surface area contributed by atoms with Crippen LogP contribution in [0.1, 0.15) is 32.8 Å². The van der Waals surface area contributed by atoms with Crippen molar-refractivity contribution in [3.8, 4) is 5.75 Å². The Morgan fingerprint density at radius 1 is 1.31 bits per heavy atom. The summed E-state index contributed by atoms with van der Waals surface area (Å²) in [6.07, 6.45) is 0.179. The van der Waals surface area contributed by atoms with Crippen LogP contribution in [-0.2, 0) is 19.9 Å². The number of ether oxygens (including phenoxy) is 1. The smallest absolute Gasteiger partial charge is 0.326 e. The third kappa shape index (κ3) is 4.92. The highest BCUT2D eigenvalue weighted by molar-refractivity contribution is 6.09. The highest BCUT2D eigenvalue weighted by atomic mass is 16.5. The van der Waals surface area contributed by atoms with E-state index in [2.05, 4.69) is 17.2 Å². The van der Waals surface area contributed by atoms with Crippen LogP contribution < -0.4 is 15.4 Å². The second-order valence-electron chi connectivity index (χ2n) is 7.08. The molecule has 9 nitrogen and oxygen atoms in total. The first kappa shape index (κ1) is 21.9. The van der Waals surface area contributed by atoms with Gasteiger partial charge in [-0.25, -0.2) is 9.59 Å². The lowest BCUT2D eigenvalue weighted by molar-refractivity contribution is -0.142. The monoisotopic (exact) mass is 403 g/mol. The van der Waals surface area contributed by atoms with Crippen LogP contribution >= 0.6 is 0 Å². The summed E-state index contributed by atoms with van der Waals surface area (Å²) in [4.78, 5) is 49.1. The number of aliphatic carboxylic acids is 1. The number of nitrogens with one attached hydrogen (secondary N) is 2. The predicted octanol–water partition coefficient (Wildman–Crippen LogP) is 1.39. The van der Waals surface area contributed by atoms with Crippen molar-refractivity contribution in [3.05, 3.63) is 42.0 Å². The number of carboxylic acid groups (broad SMARTS) is 1. The number of nitrogens with zero attached hydrogens (tertiary/aromatic N) is 1. The van der Waals surface area contributed by atoms with E-state index in [9.17, 15) is 19.2 Å². The summed E-state index contributed by atoms with van der Waals surface area (Å²) < 4.78 is 5.52. The maximum atomic E-state index is 12.9. The molecule has 2 atom stereocenters. The van der Waals surface area contributed by atoms with Crippen LogP contribution in [0.3, 0.4) is 0 Å². The van der Waals surface area contributed by atoms with E-state index in [0.717, 1.165) is 10.5 Å². The van der Waals surface area contributed by atoms with E-state index >= 15 is 0 Å². The fourth-order valence-corrected chi connectivity index (χ4v) is 2.85. The third-order valence-corrected chi connectivity index (χ3v) is 4.54. The molecule has 3 N–H and O–H groups in total. The molecule has 0 aromatic heterocycles. The molecule has 4 amide bonds. The van der Waals surface area contributed by atoms with Crippen LogP contribution in [0.4, 0.5) is 4.79 Å². The molecule has 0 aliphatic carbocycles. The number of rotatable bonds is 9. The molecular formula is C20H25N3O6. The molecule has 0 bridgehead atoms. The highest BCUT2D eigenvalue weighted by Gasteiger charge is 2.49. The highest BCUT2D eigenvalue weighted by Crippen LogP contribution is 2.30. The maximum absolute atomic E-state index is 12.9. The van der Waals surface area contributed by atoms with Gasteiger partial charge in [-0.15, -0.1) is 0 Å². The van der Waals surface area contributed by atoms with Crippen LogP contribution in [0.25, 0.3) is 0 Å². The van der Waals surface area contributed by atoms with E-state index in [0.29, 0.717) is 17.9 Å². The lowest BCUT2D eigenvalue weighted by atomic mass is 9.92. The Kier molecular flexibility index (Phi) is 6.63. The predicted molar refractivity (Wildman–Crippen MR) is 104 cm³/mol. The zero-order valence-electron chi connectivity index (χ0n) is 16.7. The molecule has 2 rings (SSSR count). The lowest BCUT2D eigenvalue weighted by Crippen LogP contribution is -2.47. The van der Waals surface area contributed by atoms with Crippen molar-refractivity contribution in [3.63, 3.8) is 0 Å². The van der Waals surface area contributed by atoms with Crippen molar-refractivity contribution in [1.29, 1.82) is 0 Å². The molecule has 1 fully saturated rings. The molecule has 1 saturated heterocycles.